The van der Waals surface area contributed by atoms with E-state index in [0.717, 1.165) is 30.6 Å². The molecule has 0 aliphatic carbocycles. The molecule has 1 heterocycles. The zero-order valence-electron chi connectivity index (χ0n) is 15.3. The molecule has 1 amide bonds. The number of carbonyl (C=O) groups is 1. The van der Waals surface area contributed by atoms with Gasteiger partial charge in [0.2, 0.25) is 10.0 Å². The number of amides is 1. The summed E-state index contributed by atoms with van der Waals surface area (Å²) in [6.07, 6.45) is 2.11. The molecule has 0 spiro atoms. The molecule has 1 fully saturated rings. The summed E-state index contributed by atoms with van der Waals surface area (Å²) in [6.45, 7) is 3.33. The highest BCUT2D eigenvalue weighted by Crippen LogP contribution is 2.13. The highest BCUT2D eigenvalue weighted by Gasteiger charge is 2.17. The van der Waals surface area contributed by atoms with E-state index in [1.54, 1.807) is 48.5 Å². The molecule has 0 saturated carbocycles. The number of rotatable bonds is 7. The number of hydrogen-bond acceptors (Lipinski definition) is 4. The molecule has 1 atom stereocenters. The second kappa shape index (κ2) is 8.65. The number of nitrogens with one attached hydrogen (secondary N) is 2. The number of sulfonamides is 1. The van der Waals surface area contributed by atoms with E-state index in [1.165, 1.54) is 0 Å². The smallest absolute Gasteiger partial charge is 0.251 e. The molecule has 1 saturated heterocycles. The van der Waals surface area contributed by atoms with E-state index in [2.05, 4.69) is 10.0 Å². The van der Waals surface area contributed by atoms with E-state index in [-0.39, 0.29) is 23.5 Å². The molecule has 27 heavy (non-hydrogen) atoms. The minimum Gasteiger partial charge on any atom is -0.376 e. The van der Waals surface area contributed by atoms with Gasteiger partial charge in [-0.1, -0.05) is 29.8 Å². The minimum atomic E-state index is -3.56. The van der Waals surface area contributed by atoms with Gasteiger partial charge in [0.1, 0.15) is 0 Å². The van der Waals surface area contributed by atoms with Gasteiger partial charge in [0.15, 0.2) is 0 Å². The summed E-state index contributed by atoms with van der Waals surface area (Å²) in [5.41, 5.74) is 2.32. The number of ether oxygens (including phenoxy) is 1. The predicted octanol–water partition coefficient (Wildman–Crippen LogP) is 2.38. The van der Waals surface area contributed by atoms with Crippen molar-refractivity contribution in [1.82, 2.24) is 10.0 Å². The lowest BCUT2D eigenvalue weighted by atomic mass is 10.1. The van der Waals surface area contributed by atoms with Crippen LogP contribution in [0.15, 0.2) is 53.4 Å². The minimum absolute atomic E-state index is 0.101. The van der Waals surface area contributed by atoms with Gasteiger partial charge in [-0.25, -0.2) is 13.1 Å². The van der Waals surface area contributed by atoms with Gasteiger partial charge in [-0.2, -0.15) is 0 Å². The van der Waals surface area contributed by atoms with Gasteiger partial charge in [-0.15, -0.1) is 0 Å². The van der Waals surface area contributed by atoms with Crippen LogP contribution in [-0.4, -0.2) is 33.6 Å². The second-order valence-electron chi connectivity index (χ2n) is 6.68. The lowest BCUT2D eigenvalue weighted by Gasteiger charge is -2.11. The number of benzene rings is 2. The molecule has 2 aromatic rings. The normalized spacial score (nSPS) is 17.0. The van der Waals surface area contributed by atoms with E-state index in [4.69, 9.17) is 4.74 Å². The van der Waals surface area contributed by atoms with Crippen molar-refractivity contribution in [2.45, 2.75) is 37.3 Å². The fourth-order valence-corrected chi connectivity index (χ4v) is 3.88. The van der Waals surface area contributed by atoms with Crippen LogP contribution < -0.4 is 10.0 Å². The van der Waals surface area contributed by atoms with Gasteiger partial charge in [0.25, 0.3) is 5.91 Å². The number of aryl methyl sites for hydroxylation is 1. The van der Waals surface area contributed by atoms with E-state index >= 15 is 0 Å². The molecular weight excluding hydrogens is 364 g/mol. The molecule has 2 N–H and O–H groups in total. The third-order valence-corrected chi connectivity index (χ3v) is 5.95. The van der Waals surface area contributed by atoms with Gasteiger partial charge in [0.05, 0.1) is 11.0 Å². The highest BCUT2D eigenvalue weighted by molar-refractivity contribution is 7.89. The monoisotopic (exact) mass is 388 g/mol. The van der Waals surface area contributed by atoms with Gasteiger partial charge < -0.3 is 10.1 Å². The van der Waals surface area contributed by atoms with Crippen LogP contribution in [0.2, 0.25) is 0 Å². The lowest BCUT2D eigenvalue weighted by Crippen LogP contribution is -2.31. The van der Waals surface area contributed by atoms with Crippen molar-refractivity contribution in [1.29, 1.82) is 0 Å². The Morgan fingerprint density at radius 1 is 1.11 bits per heavy atom. The van der Waals surface area contributed by atoms with Gasteiger partial charge >= 0.3 is 0 Å². The summed E-state index contributed by atoms with van der Waals surface area (Å²) < 4.78 is 32.7. The summed E-state index contributed by atoms with van der Waals surface area (Å²) in [5.74, 6) is -0.155. The van der Waals surface area contributed by atoms with Crippen molar-refractivity contribution in [2.75, 3.05) is 13.2 Å². The van der Waals surface area contributed by atoms with Crippen molar-refractivity contribution < 1.29 is 17.9 Å². The van der Waals surface area contributed by atoms with Crippen LogP contribution in [-0.2, 0) is 21.3 Å². The zero-order chi connectivity index (χ0) is 19.3. The van der Waals surface area contributed by atoms with Crippen LogP contribution in [0.1, 0.15) is 34.3 Å². The van der Waals surface area contributed by atoms with Gasteiger partial charge in [0, 0.05) is 25.3 Å². The Labute approximate surface area is 160 Å². The maximum Gasteiger partial charge on any atom is 0.251 e. The van der Waals surface area contributed by atoms with E-state index in [9.17, 15) is 13.2 Å². The van der Waals surface area contributed by atoms with Crippen molar-refractivity contribution in [2.24, 2.45) is 0 Å². The van der Waals surface area contributed by atoms with Crippen LogP contribution in [0.25, 0.3) is 0 Å². The van der Waals surface area contributed by atoms with Crippen LogP contribution in [0, 0.1) is 6.92 Å². The molecule has 7 heteroatoms. The molecule has 6 nitrogen and oxygen atoms in total. The summed E-state index contributed by atoms with van der Waals surface area (Å²) in [4.78, 5) is 12.4. The van der Waals surface area contributed by atoms with Crippen molar-refractivity contribution in [3.8, 4) is 0 Å². The molecule has 0 aromatic heterocycles. The Bertz CT molecular complexity index is 871. The third-order valence-electron chi connectivity index (χ3n) is 4.53. The third kappa shape index (κ3) is 5.38. The molecular formula is C20H24N2O4S. The van der Waals surface area contributed by atoms with Crippen LogP contribution in [0.4, 0.5) is 0 Å². The average Bonchev–Trinajstić information content (AvgIpc) is 3.19. The van der Waals surface area contributed by atoms with E-state index in [1.807, 2.05) is 6.92 Å². The zero-order valence-corrected chi connectivity index (χ0v) is 16.1. The molecule has 0 bridgehead atoms. The summed E-state index contributed by atoms with van der Waals surface area (Å²) in [6, 6.07) is 13.6. The summed E-state index contributed by atoms with van der Waals surface area (Å²) in [5, 5.41) is 2.87. The fraction of sp³-hybridized carbons (Fsp3) is 0.350. The Morgan fingerprint density at radius 2 is 1.81 bits per heavy atom. The topological polar surface area (TPSA) is 84.5 Å². The standard InChI is InChI=1S/C20H24N2O4S/c1-15-4-10-19(11-5-15)27(24,25)22-13-16-6-8-17(9-7-16)20(23)21-14-18-3-2-12-26-18/h4-11,18,22H,2-3,12-14H2,1H3,(H,21,23). The Hall–Kier alpha value is -2.22. The second-order valence-corrected chi connectivity index (χ2v) is 8.45. The molecule has 1 aliphatic heterocycles. The quantitative estimate of drug-likeness (QED) is 0.763. The molecule has 1 aliphatic rings. The Morgan fingerprint density at radius 3 is 2.44 bits per heavy atom. The Balaban J connectivity index is 1.54. The van der Waals surface area contributed by atoms with Crippen molar-refractivity contribution >= 4 is 15.9 Å². The predicted molar refractivity (Wildman–Crippen MR) is 103 cm³/mol. The molecule has 144 valence electrons. The molecule has 3 rings (SSSR count). The van der Waals surface area contributed by atoms with E-state index < -0.39 is 10.0 Å². The summed E-state index contributed by atoms with van der Waals surface area (Å²) >= 11 is 0. The Kier molecular flexibility index (Phi) is 6.26. The maximum absolute atomic E-state index is 12.3. The van der Waals surface area contributed by atoms with Crippen LogP contribution in [0.5, 0.6) is 0 Å². The first kappa shape index (κ1) is 19.5. The maximum atomic E-state index is 12.3. The molecule has 1 unspecified atom stereocenters. The van der Waals surface area contributed by atoms with Crippen molar-refractivity contribution in [3.63, 3.8) is 0 Å². The van der Waals surface area contributed by atoms with Crippen LogP contribution >= 0.6 is 0 Å². The van der Waals surface area contributed by atoms with E-state index in [0.29, 0.717) is 12.1 Å². The average molecular weight is 388 g/mol. The fourth-order valence-electron chi connectivity index (χ4n) is 2.87. The first-order valence-corrected chi connectivity index (χ1v) is 10.5. The highest BCUT2D eigenvalue weighted by atomic mass is 32.2. The number of hydrogen-bond donors (Lipinski definition) is 2. The van der Waals surface area contributed by atoms with Gasteiger partial charge in [-0.05, 0) is 49.6 Å². The molecule has 2 aromatic carbocycles. The first-order chi connectivity index (χ1) is 12.9. The first-order valence-electron chi connectivity index (χ1n) is 8.99. The lowest BCUT2D eigenvalue weighted by molar-refractivity contribution is 0.0858. The number of carbonyl (C=O) groups excluding carboxylic acids is 1. The summed E-state index contributed by atoms with van der Waals surface area (Å²) in [7, 11) is -3.56. The van der Waals surface area contributed by atoms with Crippen molar-refractivity contribution in [3.05, 3.63) is 65.2 Å². The SMILES string of the molecule is Cc1ccc(S(=O)(=O)NCc2ccc(C(=O)NCC3CCCO3)cc2)cc1. The van der Waals surface area contributed by atoms with Crippen LogP contribution in [0.3, 0.4) is 0 Å². The molecule has 0 radical (unpaired) electrons. The van der Waals surface area contributed by atoms with Gasteiger partial charge in [-0.3, -0.25) is 4.79 Å². The largest absolute Gasteiger partial charge is 0.376 e.